The van der Waals surface area contributed by atoms with Crippen LogP contribution in [0.2, 0.25) is 0 Å². The van der Waals surface area contributed by atoms with Crippen LogP contribution in [0.4, 0.5) is 11.4 Å². The maximum Gasteiger partial charge on any atom is 0.255 e. The van der Waals surface area contributed by atoms with Gasteiger partial charge in [-0.1, -0.05) is 0 Å². The van der Waals surface area contributed by atoms with Crippen molar-refractivity contribution in [1.82, 2.24) is 4.98 Å². The van der Waals surface area contributed by atoms with E-state index in [2.05, 4.69) is 15.2 Å². The Labute approximate surface area is 136 Å². The summed E-state index contributed by atoms with van der Waals surface area (Å²) in [6.45, 7) is 1.97. The molecule has 2 aromatic rings. The third kappa shape index (κ3) is 3.87. The van der Waals surface area contributed by atoms with Crippen molar-refractivity contribution >= 4 is 17.3 Å². The molecule has 0 unspecified atom stereocenters. The summed E-state index contributed by atoms with van der Waals surface area (Å²) in [4.78, 5) is 18.5. The molecule has 1 aliphatic heterocycles. The molecule has 2 heterocycles. The van der Waals surface area contributed by atoms with Gasteiger partial charge in [0.15, 0.2) is 0 Å². The van der Waals surface area contributed by atoms with Gasteiger partial charge in [0.1, 0.15) is 0 Å². The first-order valence-electron chi connectivity index (χ1n) is 7.85. The van der Waals surface area contributed by atoms with Crippen molar-refractivity contribution in [3.63, 3.8) is 0 Å². The fourth-order valence-corrected chi connectivity index (χ4v) is 2.81. The van der Waals surface area contributed by atoms with Gasteiger partial charge in [-0.3, -0.25) is 9.78 Å². The third-order valence-electron chi connectivity index (χ3n) is 4.21. The number of benzene rings is 1. The summed E-state index contributed by atoms with van der Waals surface area (Å²) in [7, 11) is 1.77. The molecule has 1 aromatic heterocycles. The number of pyridine rings is 1. The largest absolute Gasteiger partial charge is 0.381 e. The van der Waals surface area contributed by atoms with E-state index >= 15 is 0 Å². The van der Waals surface area contributed by atoms with Crippen LogP contribution < -0.4 is 10.2 Å². The van der Waals surface area contributed by atoms with Crippen molar-refractivity contribution in [2.45, 2.75) is 18.9 Å². The first-order chi connectivity index (χ1) is 11.3. The first kappa shape index (κ1) is 15.5. The van der Waals surface area contributed by atoms with E-state index in [-0.39, 0.29) is 5.91 Å². The van der Waals surface area contributed by atoms with Crippen LogP contribution in [0.5, 0.6) is 0 Å². The lowest BCUT2D eigenvalue weighted by Crippen LogP contribution is -2.36. The number of piperidine rings is 1. The summed E-state index contributed by atoms with van der Waals surface area (Å²) in [6.07, 6.45) is 5.77. The number of aromatic nitrogens is 1. The molecule has 1 aromatic carbocycles. The van der Waals surface area contributed by atoms with Gasteiger partial charge in [0.25, 0.3) is 5.91 Å². The van der Waals surface area contributed by atoms with Gasteiger partial charge in [-0.15, -0.1) is 0 Å². The van der Waals surface area contributed by atoms with Crippen LogP contribution in [0, 0.1) is 0 Å². The lowest BCUT2D eigenvalue weighted by atomic mass is 10.1. The molecule has 3 rings (SSSR count). The Morgan fingerprint density at radius 1 is 1.13 bits per heavy atom. The summed E-state index contributed by atoms with van der Waals surface area (Å²) in [5.74, 6) is -0.110. The van der Waals surface area contributed by atoms with E-state index in [4.69, 9.17) is 4.74 Å². The highest BCUT2D eigenvalue weighted by atomic mass is 16.5. The molecule has 0 radical (unpaired) electrons. The monoisotopic (exact) mass is 311 g/mol. The topological polar surface area (TPSA) is 54.5 Å². The summed E-state index contributed by atoms with van der Waals surface area (Å²) in [5.41, 5.74) is 2.55. The van der Waals surface area contributed by atoms with Crippen LogP contribution in [-0.4, -0.2) is 37.2 Å². The minimum atomic E-state index is -0.110. The van der Waals surface area contributed by atoms with Crippen LogP contribution in [-0.2, 0) is 4.74 Å². The van der Waals surface area contributed by atoms with E-state index in [9.17, 15) is 4.79 Å². The second-order valence-corrected chi connectivity index (χ2v) is 5.66. The Balaban J connectivity index is 1.62. The van der Waals surface area contributed by atoms with Crippen LogP contribution in [0.15, 0.2) is 48.8 Å². The number of rotatable bonds is 4. The highest BCUT2D eigenvalue weighted by molar-refractivity contribution is 6.04. The minimum Gasteiger partial charge on any atom is -0.381 e. The van der Waals surface area contributed by atoms with Crippen molar-refractivity contribution in [3.8, 4) is 0 Å². The smallest absolute Gasteiger partial charge is 0.255 e. The van der Waals surface area contributed by atoms with Gasteiger partial charge in [-0.2, -0.15) is 0 Å². The van der Waals surface area contributed by atoms with Crippen molar-refractivity contribution in [3.05, 3.63) is 54.4 Å². The first-order valence-corrected chi connectivity index (χ1v) is 7.85. The molecule has 0 spiro atoms. The van der Waals surface area contributed by atoms with Gasteiger partial charge in [-0.25, -0.2) is 0 Å². The molecule has 1 N–H and O–H groups in total. The highest BCUT2D eigenvalue weighted by Crippen LogP contribution is 2.22. The molecule has 0 aliphatic carbocycles. The number of ether oxygens (including phenoxy) is 1. The standard InChI is InChI=1S/C18H21N3O2/c1-23-17-8-12-21(13-9-17)16-4-2-14(3-5-16)18(22)20-15-6-10-19-11-7-15/h2-7,10-11,17H,8-9,12-13H2,1H3,(H,19,20,22). The van der Waals surface area contributed by atoms with Gasteiger partial charge in [-0.05, 0) is 49.2 Å². The number of hydrogen-bond acceptors (Lipinski definition) is 4. The van der Waals surface area contributed by atoms with Gasteiger partial charge < -0.3 is 15.0 Å². The second-order valence-electron chi connectivity index (χ2n) is 5.66. The molecular formula is C18H21N3O2. The van der Waals surface area contributed by atoms with E-state index < -0.39 is 0 Å². The predicted octanol–water partition coefficient (Wildman–Crippen LogP) is 2.95. The maximum absolute atomic E-state index is 12.2. The zero-order valence-corrected chi connectivity index (χ0v) is 13.2. The number of carbonyl (C=O) groups is 1. The van der Waals surface area contributed by atoms with Gasteiger partial charge >= 0.3 is 0 Å². The van der Waals surface area contributed by atoms with Crippen molar-refractivity contribution in [2.24, 2.45) is 0 Å². The summed E-state index contributed by atoms with van der Waals surface area (Å²) < 4.78 is 5.40. The lowest BCUT2D eigenvalue weighted by Gasteiger charge is -2.33. The molecule has 23 heavy (non-hydrogen) atoms. The number of carbonyl (C=O) groups excluding carboxylic acids is 1. The zero-order valence-electron chi connectivity index (χ0n) is 13.2. The Hall–Kier alpha value is -2.40. The number of nitrogens with zero attached hydrogens (tertiary/aromatic N) is 2. The van der Waals surface area contributed by atoms with E-state index in [0.29, 0.717) is 11.7 Å². The normalized spacial score (nSPS) is 15.4. The number of amides is 1. The lowest BCUT2D eigenvalue weighted by molar-refractivity contribution is 0.0819. The molecule has 5 heteroatoms. The van der Waals surface area contributed by atoms with Crippen molar-refractivity contribution in [2.75, 3.05) is 30.4 Å². The molecule has 0 saturated carbocycles. The van der Waals surface area contributed by atoms with Gasteiger partial charge in [0, 0.05) is 49.5 Å². The van der Waals surface area contributed by atoms with E-state index in [1.807, 2.05) is 24.3 Å². The molecule has 120 valence electrons. The Kier molecular flexibility index (Phi) is 4.88. The molecule has 1 fully saturated rings. The molecule has 0 atom stereocenters. The number of methoxy groups -OCH3 is 1. The Morgan fingerprint density at radius 3 is 2.39 bits per heavy atom. The molecule has 1 aliphatic rings. The molecule has 5 nitrogen and oxygen atoms in total. The second kappa shape index (κ2) is 7.24. The Bertz CT molecular complexity index is 635. The van der Waals surface area contributed by atoms with E-state index in [1.54, 1.807) is 31.6 Å². The highest BCUT2D eigenvalue weighted by Gasteiger charge is 2.19. The zero-order chi connectivity index (χ0) is 16.1. The third-order valence-corrected chi connectivity index (χ3v) is 4.21. The number of nitrogens with one attached hydrogen (secondary N) is 1. The van der Waals surface area contributed by atoms with Gasteiger partial charge in [0.05, 0.1) is 6.10 Å². The molecule has 0 bridgehead atoms. The van der Waals surface area contributed by atoms with Crippen LogP contribution in [0.25, 0.3) is 0 Å². The fraction of sp³-hybridized carbons (Fsp3) is 0.333. The average molecular weight is 311 g/mol. The molecule has 1 saturated heterocycles. The summed E-state index contributed by atoms with van der Waals surface area (Å²) >= 11 is 0. The predicted molar refractivity (Wildman–Crippen MR) is 90.9 cm³/mol. The number of anilines is 2. The van der Waals surface area contributed by atoms with E-state index in [1.165, 1.54) is 0 Å². The SMILES string of the molecule is COC1CCN(c2ccc(C(=O)Nc3ccncc3)cc2)CC1. The minimum absolute atomic E-state index is 0.110. The van der Waals surface area contributed by atoms with E-state index in [0.717, 1.165) is 37.3 Å². The van der Waals surface area contributed by atoms with Crippen LogP contribution in [0.1, 0.15) is 23.2 Å². The average Bonchev–Trinajstić information content (AvgIpc) is 2.63. The van der Waals surface area contributed by atoms with Crippen LogP contribution in [0.3, 0.4) is 0 Å². The molecule has 1 amide bonds. The maximum atomic E-state index is 12.2. The summed E-state index contributed by atoms with van der Waals surface area (Å²) in [6, 6.07) is 11.3. The van der Waals surface area contributed by atoms with Gasteiger partial charge in [0.2, 0.25) is 0 Å². The van der Waals surface area contributed by atoms with Crippen molar-refractivity contribution in [1.29, 1.82) is 0 Å². The quantitative estimate of drug-likeness (QED) is 0.943. The fourth-order valence-electron chi connectivity index (χ4n) is 2.81. The number of hydrogen-bond donors (Lipinski definition) is 1. The Morgan fingerprint density at radius 2 is 1.78 bits per heavy atom. The molecular weight excluding hydrogens is 290 g/mol. The van der Waals surface area contributed by atoms with Crippen LogP contribution >= 0.6 is 0 Å². The van der Waals surface area contributed by atoms with Crippen molar-refractivity contribution < 1.29 is 9.53 Å². The summed E-state index contributed by atoms with van der Waals surface area (Å²) in [5, 5.41) is 2.86.